The van der Waals surface area contributed by atoms with Crippen molar-refractivity contribution in [3.05, 3.63) is 35.7 Å². The summed E-state index contributed by atoms with van der Waals surface area (Å²) < 4.78 is 17.2. The Labute approximate surface area is 256 Å². The van der Waals surface area contributed by atoms with Crippen LogP contribution >= 0.6 is 0 Å². The van der Waals surface area contributed by atoms with E-state index in [1.165, 1.54) is 11.8 Å². The number of fused-ring (bicyclic) bond motifs is 3. The molecule has 0 aliphatic carbocycles. The van der Waals surface area contributed by atoms with Gasteiger partial charge >= 0.3 is 18.2 Å². The lowest BCUT2D eigenvalue weighted by Crippen LogP contribution is -2.51. The summed E-state index contributed by atoms with van der Waals surface area (Å²) >= 11 is 0. The van der Waals surface area contributed by atoms with E-state index in [1.807, 2.05) is 25.7 Å². The van der Waals surface area contributed by atoms with Gasteiger partial charge in [-0.25, -0.2) is 24.4 Å². The number of carbonyl (C=O) groups is 3. The Morgan fingerprint density at radius 1 is 0.886 bits per heavy atom. The van der Waals surface area contributed by atoms with Gasteiger partial charge in [-0.15, -0.1) is 5.10 Å². The summed E-state index contributed by atoms with van der Waals surface area (Å²) in [4.78, 5) is 49.2. The topological polar surface area (TPSA) is 150 Å². The van der Waals surface area contributed by atoms with E-state index in [1.54, 1.807) is 52.0 Å². The van der Waals surface area contributed by atoms with Crippen molar-refractivity contribution in [1.29, 1.82) is 0 Å². The number of ether oxygens (including phenoxy) is 3. The molecule has 3 aromatic rings. The molecule has 44 heavy (non-hydrogen) atoms. The van der Waals surface area contributed by atoms with Crippen molar-refractivity contribution in [1.82, 2.24) is 24.6 Å². The molecule has 2 aliphatic rings. The number of aromatic nitrogens is 4. The second kappa shape index (κ2) is 11.6. The minimum atomic E-state index is -0.672. The summed E-state index contributed by atoms with van der Waals surface area (Å²) in [6.07, 6.45) is 2.46. The molecule has 0 saturated carbocycles. The molecule has 2 bridgehead atoms. The Balaban J connectivity index is 1.42. The number of aryl methyl sites for hydroxylation is 1. The van der Waals surface area contributed by atoms with Crippen LogP contribution in [0.3, 0.4) is 0 Å². The van der Waals surface area contributed by atoms with Crippen LogP contribution in [0.2, 0.25) is 0 Å². The Morgan fingerprint density at radius 3 is 2.14 bits per heavy atom. The van der Waals surface area contributed by atoms with Gasteiger partial charge in [0.1, 0.15) is 28.5 Å². The van der Waals surface area contributed by atoms with Crippen LogP contribution in [-0.2, 0) is 14.2 Å². The van der Waals surface area contributed by atoms with Gasteiger partial charge in [0.2, 0.25) is 0 Å². The maximum absolute atomic E-state index is 13.0. The third-order valence-electron chi connectivity index (χ3n) is 7.47. The molecule has 236 valence electrons. The molecular weight excluding hydrogens is 566 g/mol. The molecule has 1 unspecified atom stereocenters. The number of pyridine rings is 2. The molecule has 0 aromatic carbocycles. The number of hydrogen-bond donors (Lipinski definition) is 2. The molecule has 5 heterocycles. The normalized spacial score (nSPS) is 19.9. The molecular formula is C31H41N7O6. The van der Waals surface area contributed by atoms with Gasteiger partial charge in [0, 0.05) is 41.3 Å². The number of nitrogens with one attached hydrogen (secondary N) is 2. The molecule has 2 N–H and O–H groups in total. The second-order valence-corrected chi connectivity index (χ2v) is 13.4. The zero-order chi connectivity index (χ0) is 32.0. The van der Waals surface area contributed by atoms with E-state index in [9.17, 15) is 14.4 Å². The van der Waals surface area contributed by atoms with E-state index >= 15 is 0 Å². The van der Waals surface area contributed by atoms with E-state index < -0.39 is 23.3 Å². The van der Waals surface area contributed by atoms with Gasteiger partial charge in [-0.2, -0.15) is 4.68 Å². The van der Waals surface area contributed by atoms with E-state index in [0.29, 0.717) is 28.7 Å². The van der Waals surface area contributed by atoms with Crippen LogP contribution in [0, 0.1) is 6.92 Å². The minimum absolute atomic E-state index is 0.0473. The Kier molecular flexibility index (Phi) is 8.17. The summed E-state index contributed by atoms with van der Waals surface area (Å²) in [6, 6.07) is 7.00. The molecule has 3 atom stereocenters. The van der Waals surface area contributed by atoms with E-state index in [-0.39, 0.29) is 29.9 Å². The third kappa shape index (κ3) is 6.87. The smallest absolute Gasteiger partial charge is 0.435 e. The van der Waals surface area contributed by atoms with Gasteiger partial charge in [-0.05, 0) is 86.3 Å². The lowest BCUT2D eigenvalue weighted by atomic mass is 9.97. The average Bonchev–Trinajstić information content (AvgIpc) is 3.41. The van der Waals surface area contributed by atoms with Crippen LogP contribution < -0.4 is 10.6 Å². The fourth-order valence-corrected chi connectivity index (χ4v) is 5.78. The Hall–Kier alpha value is -4.42. The summed E-state index contributed by atoms with van der Waals surface area (Å²) in [7, 11) is 1.31. The van der Waals surface area contributed by atoms with Crippen molar-refractivity contribution in [2.24, 2.45) is 0 Å². The monoisotopic (exact) mass is 607 g/mol. The van der Waals surface area contributed by atoms with Crippen molar-refractivity contribution >= 4 is 46.5 Å². The van der Waals surface area contributed by atoms with Crippen molar-refractivity contribution in [3.8, 4) is 0 Å². The summed E-state index contributed by atoms with van der Waals surface area (Å²) in [5, 5.41) is 11.9. The largest absolute Gasteiger partial charge is 0.464 e. The highest BCUT2D eigenvalue weighted by Crippen LogP contribution is 2.38. The van der Waals surface area contributed by atoms with Gasteiger partial charge in [0.25, 0.3) is 0 Å². The van der Waals surface area contributed by atoms with Crippen molar-refractivity contribution in [2.75, 3.05) is 17.7 Å². The second-order valence-electron chi connectivity index (χ2n) is 13.4. The molecule has 2 aliphatic heterocycles. The summed E-state index contributed by atoms with van der Waals surface area (Å²) in [5.74, 6) is 0.828. The van der Waals surface area contributed by atoms with Gasteiger partial charge in [-0.3, -0.25) is 0 Å². The highest BCUT2D eigenvalue weighted by atomic mass is 16.6. The SMILES string of the molecule is COC(=O)c1ccc2c(NC3C[C@H]4CC[C@@H](C3)N4C(=O)OC(C)(C)C)nc(Nc3cc(C)n(C(=O)OC(C)(C)C)n3)cc2n1. The molecule has 5 rings (SSSR count). The standard InChI is InChI=1S/C31H41N7O6/c1-17-13-25(36-38(17)29(41)44-31(5,6)7)34-24-16-23-21(11-12-22(33-23)27(39)42-8)26(35-24)32-18-14-19-9-10-20(15-18)37(19)28(40)43-30(2,3)4/h11-13,16,18-20H,9-10,14-15H2,1-8H3,(H2,32,34,35,36)/t18?,19-,20+. The number of piperidine rings is 1. The molecule has 2 saturated heterocycles. The fourth-order valence-electron chi connectivity index (χ4n) is 5.78. The zero-order valence-electron chi connectivity index (χ0n) is 26.6. The van der Waals surface area contributed by atoms with E-state index in [0.717, 1.165) is 31.1 Å². The molecule has 0 radical (unpaired) electrons. The van der Waals surface area contributed by atoms with Gasteiger partial charge in [0.15, 0.2) is 5.82 Å². The Bertz CT molecular complexity index is 1570. The number of hydrogen-bond acceptors (Lipinski definition) is 11. The average molecular weight is 608 g/mol. The molecule has 0 spiro atoms. The highest BCUT2D eigenvalue weighted by molar-refractivity contribution is 5.96. The minimum Gasteiger partial charge on any atom is -0.464 e. The lowest BCUT2D eigenvalue weighted by Gasteiger charge is -2.39. The first-order chi connectivity index (χ1) is 20.6. The number of amides is 1. The van der Waals surface area contributed by atoms with Crippen LogP contribution in [-0.4, -0.2) is 79.2 Å². The van der Waals surface area contributed by atoms with Crippen molar-refractivity contribution < 1.29 is 28.6 Å². The number of esters is 1. The van der Waals surface area contributed by atoms with Gasteiger partial charge in [0.05, 0.1) is 12.6 Å². The maximum Gasteiger partial charge on any atom is 0.435 e. The summed E-state index contributed by atoms with van der Waals surface area (Å²) in [6.45, 7) is 12.8. The Morgan fingerprint density at radius 2 is 1.52 bits per heavy atom. The predicted molar refractivity (Wildman–Crippen MR) is 164 cm³/mol. The van der Waals surface area contributed by atoms with Crippen molar-refractivity contribution in [2.45, 2.75) is 103 Å². The van der Waals surface area contributed by atoms with Crippen LogP contribution in [0.1, 0.15) is 83.4 Å². The number of anilines is 3. The highest BCUT2D eigenvalue weighted by Gasteiger charge is 2.45. The molecule has 13 nitrogen and oxygen atoms in total. The van der Waals surface area contributed by atoms with E-state index in [2.05, 4.69) is 20.7 Å². The fraction of sp³-hybridized carbons (Fsp3) is 0.548. The van der Waals surface area contributed by atoms with Crippen LogP contribution in [0.5, 0.6) is 0 Å². The number of carbonyl (C=O) groups excluding carboxylic acids is 3. The van der Waals surface area contributed by atoms with Crippen molar-refractivity contribution in [3.63, 3.8) is 0 Å². The number of methoxy groups -OCH3 is 1. The third-order valence-corrected chi connectivity index (χ3v) is 7.47. The first kappa shape index (κ1) is 31.0. The van der Waals surface area contributed by atoms with Gasteiger partial charge in [-0.1, -0.05) is 0 Å². The molecule has 2 fully saturated rings. The molecule has 13 heteroatoms. The van der Waals surface area contributed by atoms with Crippen LogP contribution in [0.25, 0.3) is 10.9 Å². The first-order valence-corrected chi connectivity index (χ1v) is 14.9. The van der Waals surface area contributed by atoms with Crippen LogP contribution in [0.15, 0.2) is 24.3 Å². The molecule has 3 aromatic heterocycles. The zero-order valence-corrected chi connectivity index (χ0v) is 26.6. The van der Waals surface area contributed by atoms with Crippen LogP contribution in [0.4, 0.5) is 27.0 Å². The first-order valence-electron chi connectivity index (χ1n) is 14.9. The predicted octanol–water partition coefficient (Wildman–Crippen LogP) is 5.79. The number of rotatable bonds is 5. The number of nitrogens with zero attached hydrogens (tertiary/aromatic N) is 5. The maximum atomic E-state index is 13.0. The summed E-state index contributed by atoms with van der Waals surface area (Å²) in [5.41, 5.74) is 0.0373. The quantitative estimate of drug-likeness (QED) is 0.268. The molecule has 1 amide bonds. The van der Waals surface area contributed by atoms with Gasteiger partial charge < -0.3 is 29.7 Å². The lowest BCUT2D eigenvalue weighted by molar-refractivity contribution is 0.00678. The van der Waals surface area contributed by atoms with E-state index in [4.69, 9.17) is 19.2 Å².